The van der Waals surface area contributed by atoms with Crippen LogP contribution in [0, 0.1) is 5.92 Å². The molecule has 9 nitrogen and oxygen atoms in total. The Hall–Kier alpha value is -3.63. The van der Waals surface area contributed by atoms with Gasteiger partial charge in [0.15, 0.2) is 0 Å². The van der Waals surface area contributed by atoms with Crippen LogP contribution in [0.25, 0.3) is 27.6 Å². The Morgan fingerprint density at radius 2 is 1.82 bits per heavy atom. The van der Waals surface area contributed by atoms with E-state index in [1.807, 2.05) is 20.2 Å². The topological polar surface area (TPSA) is 98.0 Å². The van der Waals surface area contributed by atoms with E-state index in [1.54, 1.807) is 12.1 Å². The van der Waals surface area contributed by atoms with Crippen molar-refractivity contribution in [2.24, 2.45) is 17.5 Å². The van der Waals surface area contributed by atoms with Crippen LogP contribution in [0.2, 0.25) is 0 Å². The van der Waals surface area contributed by atoms with E-state index in [9.17, 15) is 0 Å². The Kier molecular flexibility index (Phi) is 9.09. The Bertz CT molecular complexity index is 1600. The molecule has 234 valence electrons. The molecule has 0 spiro atoms. The van der Waals surface area contributed by atoms with Gasteiger partial charge in [0.25, 0.3) is 0 Å². The maximum atomic E-state index is 6.34. The highest BCUT2D eigenvalue weighted by molar-refractivity contribution is 6.07. The van der Waals surface area contributed by atoms with Crippen molar-refractivity contribution in [1.29, 1.82) is 0 Å². The first-order valence-electron chi connectivity index (χ1n) is 15.9. The number of hydrogen-bond acceptors (Lipinski definition) is 8. The van der Waals surface area contributed by atoms with Crippen molar-refractivity contribution >= 4 is 33.3 Å². The molecular formula is C35H47N7O2. The summed E-state index contributed by atoms with van der Waals surface area (Å²) in [5, 5.41) is 2.75. The molecule has 2 aromatic carbocycles. The summed E-state index contributed by atoms with van der Waals surface area (Å²) in [6.45, 7) is 10.7. The number of anilines is 1. The van der Waals surface area contributed by atoms with Crippen LogP contribution in [0.4, 0.5) is 5.69 Å². The number of allylic oxidation sites excluding steroid dienone is 1. The first-order chi connectivity index (χ1) is 21.4. The molecule has 44 heavy (non-hydrogen) atoms. The number of piperazine rings is 1. The van der Waals surface area contributed by atoms with Gasteiger partial charge in [-0.2, -0.15) is 0 Å². The number of benzene rings is 2. The van der Waals surface area contributed by atoms with Crippen molar-refractivity contribution in [3.05, 3.63) is 77.6 Å². The Balaban J connectivity index is 1.52. The quantitative estimate of drug-likeness (QED) is 0.188. The average molecular weight is 598 g/mol. The minimum atomic E-state index is 0.0921. The van der Waals surface area contributed by atoms with E-state index in [2.05, 4.69) is 75.9 Å². The second-order valence-corrected chi connectivity index (χ2v) is 12.3. The number of rotatable bonds is 11. The molecule has 2 aliphatic heterocycles. The maximum Gasteiger partial charge on any atom is 0.0961 e. The van der Waals surface area contributed by atoms with Crippen LogP contribution < -0.4 is 16.5 Å². The van der Waals surface area contributed by atoms with Crippen LogP contribution in [-0.4, -0.2) is 85.7 Å². The van der Waals surface area contributed by atoms with Gasteiger partial charge in [-0.3, -0.25) is 9.88 Å². The van der Waals surface area contributed by atoms with Crippen LogP contribution in [-0.2, 0) is 9.47 Å². The zero-order valence-corrected chi connectivity index (χ0v) is 26.6. The molecule has 0 amide bonds. The smallest absolute Gasteiger partial charge is 0.0961 e. The minimum Gasteiger partial charge on any atom is -0.401 e. The molecule has 0 radical (unpaired) electrons. The molecule has 0 aliphatic carbocycles. The first kappa shape index (κ1) is 30.4. The fraction of sp³-hybridized carbons (Fsp3) is 0.457. The fourth-order valence-electron chi connectivity index (χ4n) is 7.15. The summed E-state index contributed by atoms with van der Waals surface area (Å²) in [5.41, 5.74) is 14.4. The Morgan fingerprint density at radius 3 is 2.43 bits per heavy atom. The third kappa shape index (κ3) is 5.77. The van der Waals surface area contributed by atoms with Crippen molar-refractivity contribution in [3.8, 4) is 0 Å². The van der Waals surface area contributed by atoms with Crippen LogP contribution in [0.1, 0.15) is 43.9 Å². The lowest BCUT2D eigenvalue weighted by Gasteiger charge is -2.43. The number of methoxy groups -OCH3 is 1. The largest absolute Gasteiger partial charge is 0.401 e. The number of ether oxygens (including phenoxy) is 2. The van der Waals surface area contributed by atoms with E-state index in [1.165, 1.54) is 16.8 Å². The van der Waals surface area contributed by atoms with E-state index in [0.717, 1.165) is 79.9 Å². The molecule has 4 aromatic rings. The normalized spacial score (nSPS) is 18.3. The number of hydrazine groups is 1. The standard InChI is InChI=1S/C35H47N7O2/c1-5-25(13-18-43-4)35(26-9-7-6-8-10-26)42-31-12-11-28(40-14-16-41(17-15-40)29-22-44-23-29)20-30(31)33-32(42)19-27(21-38-33)34(24(2)36)39(3)37/h6-12,19-21,25,29,35H,5,13-18,22-23,36-37H2,1-4H3/b34-24-/t25?,35-/m0/s1. The van der Waals surface area contributed by atoms with Crippen LogP contribution in [0.3, 0.4) is 0 Å². The average Bonchev–Trinajstić information content (AvgIpc) is 3.31. The summed E-state index contributed by atoms with van der Waals surface area (Å²) in [6, 6.07) is 20.7. The predicted octanol–water partition coefficient (Wildman–Crippen LogP) is 4.82. The number of hydrogen-bond donors (Lipinski definition) is 2. The van der Waals surface area contributed by atoms with Crippen molar-refractivity contribution in [3.63, 3.8) is 0 Å². The van der Waals surface area contributed by atoms with Gasteiger partial charge in [-0.25, -0.2) is 5.84 Å². The van der Waals surface area contributed by atoms with E-state index in [-0.39, 0.29) is 6.04 Å². The van der Waals surface area contributed by atoms with E-state index >= 15 is 0 Å². The lowest BCUT2D eigenvalue weighted by atomic mass is 9.88. The van der Waals surface area contributed by atoms with E-state index in [0.29, 0.717) is 24.3 Å². The zero-order valence-electron chi connectivity index (χ0n) is 26.6. The van der Waals surface area contributed by atoms with Gasteiger partial charge < -0.3 is 29.7 Å². The summed E-state index contributed by atoms with van der Waals surface area (Å²) in [7, 11) is 3.61. The number of aromatic nitrogens is 2. The molecule has 2 saturated heterocycles. The highest BCUT2D eigenvalue weighted by Gasteiger charge is 2.31. The maximum absolute atomic E-state index is 6.34. The monoisotopic (exact) mass is 597 g/mol. The van der Waals surface area contributed by atoms with Crippen molar-refractivity contribution in [2.45, 2.75) is 38.8 Å². The molecule has 4 heterocycles. The molecule has 2 atom stereocenters. The second-order valence-electron chi connectivity index (χ2n) is 12.3. The van der Waals surface area contributed by atoms with E-state index < -0.39 is 0 Å². The molecule has 2 aliphatic rings. The van der Waals surface area contributed by atoms with Gasteiger partial charge in [0.05, 0.1) is 47.5 Å². The first-order valence-corrected chi connectivity index (χ1v) is 15.9. The zero-order chi connectivity index (χ0) is 30.8. The number of nitrogens with zero attached hydrogens (tertiary/aromatic N) is 5. The molecule has 2 aromatic heterocycles. The van der Waals surface area contributed by atoms with Crippen molar-refractivity contribution in [2.75, 3.05) is 65.1 Å². The molecule has 1 unspecified atom stereocenters. The van der Waals surface area contributed by atoms with Gasteiger partial charge >= 0.3 is 0 Å². The third-order valence-electron chi connectivity index (χ3n) is 9.52. The molecule has 2 fully saturated rings. The summed E-state index contributed by atoms with van der Waals surface area (Å²) < 4.78 is 13.6. The van der Waals surface area contributed by atoms with Crippen LogP contribution >= 0.6 is 0 Å². The van der Waals surface area contributed by atoms with E-state index in [4.69, 9.17) is 26.0 Å². The third-order valence-corrected chi connectivity index (χ3v) is 9.52. The lowest BCUT2D eigenvalue weighted by Crippen LogP contribution is -2.56. The van der Waals surface area contributed by atoms with Gasteiger partial charge in [-0.1, -0.05) is 43.7 Å². The Labute approximate surface area is 261 Å². The SMILES string of the molecule is CCC(CCOC)[C@@H](c1ccccc1)n1c2ccc(N3CCN(C4COC4)CC3)cc2c2ncc(/C(=C(\C)N)N(C)N)cc21. The Morgan fingerprint density at radius 1 is 1.07 bits per heavy atom. The minimum absolute atomic E-state index is 0.0921. The molecule has 0 saturated carbocycles. The molecule has 9 heteroatoms. The van der Waals surface area contributed by atoms with Gasteiger partial charge in [0.2, 0.25) is 0 Å². The van der Waals surface area contributed by atoms with Crippen LogP contribution in [0.15, 0.2) is 66.5 Å². The molecule has 6 rings (SSSR count). The van der Waals surface area contributed by atoms with Gasteiger partial charge in [-0.05, 0) is 49.1 Å². The summed E-state index contributed by atoms with van der Waals surface area (Å²) in [5.74, 6) is 6.63. The molecular weight excluding hydrogens is 550 g/mol. The lowest BCUT2D eigenvalue weighted by molar-refractivity contribution is -0.0660. The second kappa shape index (κ2) is 13.2. The molecule has 0 bridgehead atoms. The van der Waals surface area contributed by atoms with Crippen LogP contribution in [0.5, 0.6) is 0 Å². The number of pyridine rings is 1. The van der Waals surface area contributed by atoms with Gasteiger partial charge in [0, 0.05) is 75.5 Å². The predicted molar refractivity (Wildman–Crippen MR) is 179 cm³/mol. The summed E-state index contributed by atoms with van der Waals surface area (Å²) in [4.78, 5) is 10.2. The van der Waals surface area contributed by atoms with Crippen molar-refractivity contribution in [1.82, 2.24) is 19.5 Å². The summed E-state index contributed by atoms with van der Waals surface area (Å²) >= 11 is 0. The number of fused-ring (bicyclic) bond motifs is 3. The van der Waals surface area contributed by atoms with Gasteiger partial charge in [-0.15, -0.1) is 0 Å². The fourth-order valence-corrected chi connectivity index (χ4v) is 7.15. The highest BCUT2D eigenvalue weighted by Crippen LogP contribution is 2.41. The summed E-state index contributed by atoms with van der Waals surface area (Å²) in [6.07, 6.45) is 3.88. The van der Waals surface area contributed by atoms with Gasteiger partial charge in [0.1, 0.15) is 0 Å². The number of nitrogens with two attached hydrogens (primary N) is 2. The van der Waals surface area contributed by atoms with Crippen molar-refractivity contribution < 1.29 is 9.47 Å². The highest BCUT2D eigenvalue weighted by atomic mass is 16.5. The molecule has 4 N–H and O–H groups in total.